The topological polar surface area (TPSA) is 24.8 Å². The van der Waals surface area contributed by atoms with Gasteiger partial charge in [0.2, 0.25) is 0 Å². The summed E-state index contributed by atoms with van der Waals surface area (Å²) < 4.78 is 0.997. The predicted molar refractivity (Wildman–Crippen MR) is 99.9 cm³/mol. The smallest absolute Gasteiger partial charge is 0.258 e. The van der Waals surface area contributed by atoms with Crippen LogP contribution in [0.2, 0.25) is 0 Å². The third kappa shape index (κ3) is 2.58. The van der Waals surface area contributed by atoms with E-state index >= 15 is 0 Å². The molecular weight excluding hydrogens is 364 g/mol. The first-order chi connectivity index (χ1) is 11.5. The summed E-state index contributed by atoms with van der Waals surface area (Å²) in [5, 5.41) is 0. The second-order valence-corrected chi connectivity index (χ2v) is 8.03. The number of benzene rings is 2. The third-order valence-corrected chi connectivity index (χ3v) is 5.91. The quantitative estimate of drug-likeness (QED) is 0.801. The van der Waals surface area contributed by atoms with Crippen molar-refractivity contribution in [3.8, 4) is 0 Å². The van der Waals surface area contributed by atoms with Crippen molar-refractivity contribution in [3.63, 3.8) is 0 Å². The predicted octanol–water partition coefficient (Wildman–Crippen LogP) is 2.79. The lowest BCUT2D eigenvalue weighted by Crippen LogP contribution is -3.11. The van der Waals surface area contributed by atoms with E-state index in [4.69, 9.17) is 0 Å². The number of rotatable bonds is 1. The summed E-state index contributed by atoms with van der Waals surface area (Å²) in [7, 11) is 2.25. The van der Waals surface area contributed by atoms with Crippen LogP contribution < -0.4 is 9.80 Å². The van der Waals surface area contributed by atoms with E-state index in [2.05, 4.69) is 53.0 Å². The lowest BCUT2D eigenvalue weighted by molar-refractivity contribution is -0.886. The number of piperidine rings is 1. The molecule has 1 N–H and O–H groups in total. The Morgan fingerprint density at radius 2 is 1.96 bits per heavy atom. The molecule has 124 valence electrons. The summed E-state index contributed by atoms with van der Waals surface area (Å²) in [4.78, 5) is 16.9. The van der Waals surface area contributed by atoms with E-state index in [0.29, 0.717) is 12.0 Å². The first kappa shape index (κ1) is 15.9. The number of hydrogen-bond acceptors (Lipinski definition) is 1. The lowest BCUT2D eigenvalue weighted by atomic mass is 9.88. The number of likely N-dealkylation sites (N-methyl/N-ethyl adjacent to an activating group) is 1. The number of hydrogen-bond donors (Lipinski definition) is 1. The standard InChI is InChI=1S/C20H21BrN2O/c1-13-3-8-18-16(11-13)17-12-22(2)10-9-19(17)23(18)20(24)14-4-6-15(21)7-5-14/h3-8,11,17,19H,9-10,12H2,1-2H3/p+1/t17-,19+/m1/s1. The van der Waals surface area contributed by atoms with E-state index in [0.717, 1.165) is 35.2 Å². The molecule has 2 aromatic rings. The van der Waals surface area contributed by atoms with Crippen molar-refractivity contribution in [1.82, 2.24) is 0 Å². The molecule has 2 aliphatic heterocycles. The van der Waals surface area contributed by atoms with E-state index in [-0.39, 0.29) is 5.91 Å². The van der Waals surface area contributed by atoms with E-state index in [9.17, 15) is 4.79 Å². The van der Waals surface area contributed by atoms with E-state index in [1.807, 2.05) is 24.3 Å². The summed E-state index contributed by atoms with van der Waals surface area (Å²) in [5.41, 5.74) is 4.49. The minimum absolute atomic E-state index is 0.125. The maximum absolute atomic E-state index is 13.2. The van der Waals surface area contributed by atoms with Gasteiger partial charge in [-0.05, 0) is 42.8 Å². The first-order valence-corrected chi connectivity index (χ1v) is 9.35. The number of halogens is 1. The van der Waals surface area contributed by atoms with Crippen molar-refractivity contribution >= 4 is 27.5 Å². The molecule has 3 atom stereocenters. The van der Waals surface area contributed by atoms with Gasteiger partial charge >= 0.3 is 0 Å². The zero-order valence-corrected chi connectivity index (χ0v) is 15.6. The number of likely N-dealkylation sites (tertiary alicyclic amines) is 1. The zero-order valence-electron chi connectivity index (χ0n) is 14.1. The number of amides is 1. The van der Waals surface area contributed by atoms with Crippen LogP contribution in [-0.2, 0) is 0 Å². The maximum Gasteiger partial charge on any atom is 0.258 e. The number of carbonyl (C=O) groups is 1. The molecule has 24 heavy (non-hydrogen) atoms. The van der Waals surface area contributed by atoms with Gasteiger partial charge in [0.25, 0.3) is 5.91 Å². The zero-order chi connectivity index (χ0) is 16.8. The molecule has 1 amide bonds. The molecule has 0 spiro atoms. The van der Waals surface area contributed by atoms with Gasteiger partial charge in [-0.1, -0.05) is 33.6 Å². The molecule has 0 saturated carbocycles. The third-order valence-electron chi connectivity index (χ3n) is 5.38. The van der Waals surface area contributed by atoms with Gasteiger partial charge in [-0.2, -0.15) is 0 Å². The monoisotopic (exact) mass is 385 g/mol. The molecule has 0 aliphatic carbocycles. The molecule has 0 bridgehead atoms. The fourth-order valence-corrected chi connectivity index (χ4v) is 4.46. The SMILES string of the molecule is Cc1ccc2c(c1)[C@H]1C[NH+](C)CC[C@@H]1N2C(=O)c1ccc(Br)cc1. The number of anilines is 1. The number of nitrogens with zero attached hydrogens (tertiary/aromatic N) is 1. The summed E-state index contributed by atoms with van der Waals surface area (Å²) in [6.45, 7) is 4.36. The Morgan fingerprint density at radius 3 is 2.71 bits per heavy atom. The summed E-state index contributed by atoms with van der Waals surface area (Å²) in [5.74, 6) is 0.577. The molecule has 3 nitrogen and oxygen atoms in total. The molecular formula is C20H22BrN2O+. The van der Waals surface area contributed by atoms with Crippen LogP contribution in [0.5, 0.6) is 0 Å². The highest BCUT2D eigenvalue weighted by Gasteiger charge is 2.45. The average molecular weight is 386 g/mol. The van der Waals surface area contributed by atoms with E-state index < -0.39 is 0 Å². The highest BCUT2D eigenvalue weighted by atomic mass is 79.9. The minimum atomic E-state index is 0.125. The number of quaternary nitrogens is 1. The Labute approximate surface area is 151 Å². The molecule has 0 radical (unpaired) electrons. The van der Waals surface area contributed by atoms with E-state index in [1.165, 1.54) is 11.1 Å². The van der Waals surface area contributed by atoms with Crippen molar-refractivity contribution in [1.29, 1.82) is 0 Å². The van der Waals surface area contributed by atoms with Crippen LogP contribution in [-0.4, -0.2) is 32.1 Å². The van der Waals surface area contributed by atoms with Gasteiger partial charge in [-0.25, -0.2) is 0 Å². The molecule has 2 aliphatic rings. The largest absolute Gasteiger partial charge is 0.337 e. The molecule has 2 heterocycles. The van der Waals surface area contributed by atoms with Crippen LogP contribution in [0.4, 0.5) is 5.69 Å². The number of fused-ring (bicyclic) bond motifs is 3. The number of aryl methyl sites for hydroxylation is 1. The van der Waals surface area contributed by atoms with Gasteiger partial charge in [0.05, 0.1) is 32.1 Å². The maximum atomic E-state index is 13.2. The van der Waals surface area contributed by atoms with Gasteiger partial charge in [0.1, 0.15) is 0 Å². The molecule has 1 fully saturated rings. The van der Waals surface area contributed by atoms with Gasteiger partial charge in [0, 0.05) is 22.1 Å². The molecule has 4 heteroatoms. The Balaban J connectivity index is 1.77. The van der Waals surface area contributed by atoms with Crippen LogP contribution in [0.1, 0.15) is 33.8 Å². The van der Waals surface area contributed by atoms with E-state index in [1.54, 1.807) is 4.90 Å². The summed E-state index contributed by atoms with van der Waals surface area (Å²) in [6, 6.07) is 14.5. The van der Waals surface area contributed by atoms with Gasteiger partial charge < -0.3 is 9.80 Å². The lowest BCUT2D eigenvalue weighted by Gasteiger charge is -2.34. The van der Waals surface area contributed by atoms with Crippen molar-refractivity contribution in [2.24, 2.45) is 0 Å². The highest BCUT2D eigenvalue weighted by Crippen LogP contribution is 2.43. The highest BCUT2D eigenvalue weighted by molar-refractivity contribution is 9.10. The minimum Gasteiger partial charge on any atom is -0.337 e. The summed E-state index contributed by atoms with van der Waals surface area (Å²) in [6.07, 6.45) is 1.06. The fourth-order valence-electron chi connectivity index (χ4n) is 4.20. The van der Waals surface area contributed by atoms with Gasteiger partial charge in [-0.15, -0.1) is 0 Å². The van der Waals surface area contributed by atoms with Crippen LogP contribution in [0.15, 0.2) is 46.9 Å². The Kier molecular flexibility index (Phi) is 3.97. The van der Waals surface area contributed by atoms with Crippen molar-refractivity contribution < 1.29 is 9.69 Å². The van der Waals surface area contributed by atoms with Gasteiger partial charge in [0.15, 0.2) is 0 Å². The van der Waals surface area contributed by atoms with Crippen LogP contribution in [0.25, 0.3) is 0 Å². The molecule has 2 aromatic carbocycles. The van der Waals surface area contributed by atoms with Crippen molar-refractivity contribution in [2.75, 3.05) is 25.0 Å². The Morgan fingerprint density at radius 1 is 1.21 bits per heavy atom. The number of carbonyl (C=O) groups excluding carboxylic acids is 1. The van der Waals surface area contributed by atoms with Gasteiger partial charge in [-0.3, -0.25) is 4.79 Å². The molecule has 1 unspecified atom stereocenters. The van der Waals surface area contributed by atoms with Crippen LogP contribution in [0.3, 0.4) is 0 Å². The Bertz CT molecular complexity index is 787. The average Bonchev–Trinajstić information content (AvgIpc) is 2.88. The fraction of sp³-hybridized carbons (Fsp3) is 0.350. The van der Waals surface area contributed by atoms with Crippen molar-refractivity contribution in [2.45, 2.75) is 25.3 Å². The van der Waals surface area contributed by atoms with Crippen LogP contribution in [0, 0.1) is 6.92 Å². The molecule has 4 rings (SSSR count). The molecule has 1 saturated heterocycles. The van der Waals surface area contributed by atoms with Crippen LogP contribution >= 0.6 is 15.9 Å². The van der Waals surface area contributed by atoms with Crippen molar-refractivity contribution in [3.05, 3.63) is 63.6 Å². The molecule has 0 aromatic heterocycles. The normalized spacial score (nSPS) is 25.3. The second kappa shape index (κ2) is 6.01. The number of nitrogens with one attached hydrogen (secondary N) is 1. The first-order valence-electron chi connectivity index (χ1n) is 8.55. The Hall–Kier alpha value is -1.65. The summed E-state index contributed by atoms with van der Waals surface area (Å²) >= 11 is 3.45. The second-order valence-electron chi connectivity index (χ2n) is 7.12.